The van der Waals surface area contributed by atoms with Gasteiger partial charge in [-0.15, -0.1) is 0 Å². The molecule has 4 aromatic heterocycles. The van der Waals surface area contributed by atoms with E-state index in [1.54, 1.807) is 13.3 Å². The van der Waals surface area contributed by atoms with Gasteiger partial charge in [0, 0.05) is 48.9 Å². The number of fused-ring (bicyclic) bond motifs is 2. The highest BCUT2D eigenvalue weighted by atomic mass is 16.5. The Labute approximate surface area is 156 Å². The van der Waals surface area contributed by atoms with Crippen LogP contribution in [-0.4, -0.2) is 43.8 Å². The fraction of sp³-hybridized carbons (Fsp3) is 0.350. The first kappa shape index (κ1) is 16.3. The summed E-state index contributed by atoms with van der Waals surface area (Å²) in [7, 11) is 1.79. The Hall–Kier alpha value is -2.93. The van der Waals surface area contributed by atoms with Gasteiger partial charge in [0.15, 0.2) is 0 Å². The molecule has 0 spiro atoms. The largest absolute Gasteiger partial charge is 0.381 e. The zero-order valence-electron chi connectivity index (χ0n) is 15.2. The lowest BCUT2D eigenvalue weighted by Gasteiger charge is -2.28. The minimum absolute atomic E-state index is 0.394. The van der Waals surface area contributed by atoms with Crippen LogP contribution in [0.25, 0.3) is 27.7 Å². The molecule has 1 fully saturated rings. The van der Waals surface area contributed by atoms with Crippen LogP contribution in [0.3, 0.4) is 0 Å². The number of anilines is 1. The Balaban J connectivity index is 1.39. The molecule has 1 aliphatic carbocycles. The molecule has 1 saturated carbocycles. The summed E-state index contributed by atoms with van der Waals surface area (Å²) in [4.78, 5) is 12.5. The second-order valence-corrected chi connectivity index (χ2v) is 7.13. The van der Waals surface area contributed by atoms with Crippen molar-refractivity contribution in [2.75, 3.05) is 12.4 Å². The molecule has 138 valence electrons. The van der Waals surface area contributed by atoms with Gasteiger partial charge in [-0.3, -0.25) is 0 Å². The third-order valence-electron chi connectivity index (χ3n) is 5.48. The van der Waals surface area contributed by atoms with Crippen LogP contribution in [0.15, 0.2) is 43.0 Å². The summed E-state index contributed by atoms with van der Waals surface area (Å²) >= 11 is 0. The van der Waals surface area contributed by atoms with Crippen molar-refractivity contribution in [2.45, 2.75) is 37.8 Å². The fourth-order valence-corrected chi connectivity index (χ4v) is 3.93. The highest BCUT2D eigenvalue weighted by Gasteiger charge is 2.21. The number of aromatic amines is 1. The molecule has 0 saturated heterocycles. The molecule has 7 heteroatoms. The summed E-state index contributed by atoms with van der Waals surface area (Å²) in [5.74, 6) is 0.683. The Kier molecular flexibility index (Phi) is 4.01. The third-order valence-corrected chi connectivity index (χ3v) is 5.48. The Morgan fingerprint density at radius 1 is 1.22 bits per heavy atom. The Morgan fingerprint density at radius 3 is 2.96 bits per heavy atom. The summed E-state index contributed by atoms with van der Waals surface area (Å²) in [5.41, 5.74) is 4.13. The van der Waals surface area contributed by atoms with Crippen LogP contribution in [0.1, 0.15) is 25.7 Å². The fourth-order valence-electron chi connectivity index (χ4n) is 3.93. The number of aromatic nitrogens is 5. The van der Waals surface area contributed by atoms with Crippen molar-refractivity contribution in [3.63, 3.8) is 0 Å². The van der Waals surface area contributed by atoms with Crippen LogP contribution in [0.4, 0.5) is 5.95 Å². The van der Waals surface area contributed by atoms with E-state index < -0.39 is 0 Å². The van der Waals surface area contributed by atoms with Crippen molar-refractivity contribution < 1.29 is 4.74 Å². The molecule has 0 atom stereocenters. The van der Waals surface area contributed by atoms with E-state index in [1.807, 2.05) is 29.2 Å². The number of nitrogens with one attached hydrogen (secondary N) is 2. The number of methoxy groups -OCH3 is 1. The summed E-state index contributed by atoms with van der Waals surface area (Å²) in [6, 6.07) is 6.58. The topological polar surface area (TPSA) is 80.1 Å². The first-order chi connectivity index (χ1) is 13.3. The van der Waals surface area contributed by atoms with Gasteiger partial charge in [-0.25, -0.2) is 9.50 Å². The quantitative estimate of drug-likeness (QED) is 0.579. The minimum atomic E-state index is 0.394. The third kappa shape index (κ3) is 3.04. The standard InChI is InChI=1S/C20H22N6O/c1-27-16-4-2-14(3-5-16)24-20-22-12-18-17(11-21-19(18)25-20)13-7-9-26-15(10-13)6-8-23-26/h6-12,14,16H,2-5H2,1H3,(H2,21,22,24,25)/t14-,16-. The summed E-state index contributed by atoms with van der Waals surface area (Å²) < 4.78 is 7.30. The Bertz CT molecular complexity index is 1080. The SMILES string of the molecule is CO[C@H]1CC[C@H](Nc2ncc3c(-c4ccn5nccc5c4)c[nH]c3n2)CC1. The highest BCUT2D eigenvalue weighted by Crippen LogP contribution is 2.29. The molecule has 7 nitrogen and oxygen atoms in total. The van der Waals surface area contributed by atoms with Crippen molar-refractivity contribution in [3.8, 4) is 11.1 Å². The van der Waals surface area contributed by atoms with E-state index in [4.69, 9.17) is 4.74 Å². The van der Waals surface area contributed by atoms with Gasteiger partial charge < -0.3 is 15.0 Å². The van der Waals surface area contributed by atoms with Gasteiger partial charge in [0.25, 0.3) is 0 Å². The zero-order chi connectivity index (χ0) is 18.2. The molecular formula is C20H22N6O. The zero-order valence-corrected chi connectivity index (χ0v) is 15.2. The lowest BCUT2D eigenvalue weighted by Crippen LogP contribution is -2.29. The van der Waals surface area contributed by atoms with Crippen LogP contribution in [0.2, 0.25) is 0 Å². The molecule has 0 unspecified atom stereocenters. The van der Waals surface area contributed by atoms with Crippen LogP contribution in [0.5, 0.6) is 0 Å². The number of hydrogen-bond acceptors (Lipinski definition) is 5. The molecule has 5 rings (SSSR count). The Morgan fingerprint density at radius 2 is 2.11 bits per heavy atom. The summed E-state index contributed by atoms with van der Waals surface area (Å²) in [5, 5.41) is 8.75. The van der Waals surface area contributed by atoms with Crippen molar-refractivity contribution >= 4 is 22.5 Å². The molecule has 4 heterocycles. The molecule has 0 aliphatic heterocycles. The molecule has 0 bridgehead atoms. The molecular weight excluding hydrogens is 340 g/mol. The van der Waals surface area contributed by atoms with Gasteiger partial charge in [0.2, 0.25) is 5.95 Å². The second kappa shape index (κ2) is 6.66. The predicted octanol–water partition coefficient (Wildman–Crippen LogP) is 3.64. The molecule has 0 aromatic carbocycles. The molecule has 0 radical (unpaired) electrons. The molecule has 0 amide bonds. The van der Waals surface area contributed by atoms with Crippen LogP contribution in [0, 0.1) is 0 Å². The first-order valence-corrected chi connectivity index (χ1v) is 9.37. The van der Waals surface area contributed by atoms with E-state index in [-0.39, 0.29) is 0 Å². The number of rotatable bonds is 4. The highest BCUT2D eigenvalue weighted by molar-refractivity contribution is 5.94. The maximum Gasteiger partial charge on any atom is 0.224 e. The average molecular weight is 362 g/mol. The molecule has 27 heavy (non-hydrogen) atoms. The van der Waals surface area contributed by atoms with Gasteiger partial charge in [0.1, 0.15) is 5.65 Å². The van der Waals surface area contributed by atoms with E-state index in [0.29, 0.717) is 18.1 Å². The first-order valence-electron chi connectivity index (χ1n) is 9.37. The van der Waals surface area contributed by atoms with Crippen molar-refractivity contribution in [1.29, 1.82) is 0 Å². The normalized spacial score (nSPS) is 20.3. The molecule has 2 N–H and O–H groups in total. The average Bonchev–Trinajstić information content (AvgIpc) is 3.34. The number of H-pyrrole nitrogens is 1. The monoisotopic (exact) mass is 362 g/mol. The number of pyridine rings is 1. The van der Waals surface area contributed by atoms with Crippen LogP contribution < -0.4 is 5.32 Å². The predicted molar refractivity (Wildman–Crippen MR) is 105 cm³/mol. The van der Waals surface area contributed by atoms with E-state index >= 15 is 0 Å². The van der Waals surface area contributed by atoms with Crippen LogP contribution >= 0.6 is 0 Å². The minimum Gasteiger partial charge on any atom is -0.381 e. The van der Waals surface area contributed by atoms with Crippen molar-refractivity contribution in [1.82, 2.24) is 24.6 Å². The van der Waals surface area contributed by atoms with Gasteiger partial charge in [0.05, 0.1) is 11.6 Å². The van der Waals surface area contributed by atoms with E-state index in [1.165, 1.54) is 0 Å². The second-order valence-electron chi connectivity index (χ2n) is 7.13. The van der Waals surface area contributed by atoms with Crippen molar-refractivity contribution in [3.05, 3.63) is 43.0 Å². The van der Waals surface area contributed by atoms with Gasteiger partial charge in [-0.1, -0.05) is 0 Å². The lowest BCUT2D eigenvalue weighted by molar-refractivity contribution is 0.0681. The summed E-state index contributed by atoms with van der Waals surface area (Å²) in [6.07, 6.45) is 12.4. The van der Waals surface area contributed by atoms with Gasteiger partial charge >= 0.3 is 0 Å². The van der Waals surface area contributed by atoms with E-state index in [2.05, 4.69) is 37.5 Å². The number of ether oxygens (including phenoxy) is 1. The maximum atomic E-state index is 5.44. The van der Waals surface area contributed by atoms with Crippen LogP contribution in [-0.2, 0) is 4.74 Å². The lowest BCUT2D eigenvalue weighted by atomic mass is 9.93. The van der Waals surface area contributed by atoms with E-state index in [0.717, 1.165) is 53.4 Å². The smallest absolute Gasteiger partial charge is 0.224 e. The summed E-state index contributed by atoms with van der Waals surface area (Å²) in [6.45, 7) is 0. The van der Waals surface area contributed by atoms with Crippen molar-refractivity contribution in [2.24, 2.45) is 0 Å². The maximum absolute atomic E-state index is 5.44. The van der Waals surface area contributed by atoms with E-state index in [9.17, 15) is 0 Å². The molecule has 1 aliphatic rings. The number of nitrogens with zero attached hydrogens (tertiary/aromatic N) is 4. The number of hydrogen-bond donors (Lipinski definition) is 2. The van der Waals surface area contributed by atoms with Gasteiger partial charge in [-0.2, -0.15) is 10.1 Å². The molecule has 4 aromatic rings. The van der Waals surface area contributed by atoms with Gasteiger partial charge in [-0.05, 0) is 49.4 Å².